The lowest BCUT2D eigenvalue weighted by molar-refractivity contribution is -0.133. The quantitative estimate of drug-likeness (QED) is 0.659. The van der Waals surface area contributed by atoms with Crippen LogP contribution in [0.15, 0.2) is 83.9 Å². The molecule has 0 bridgehead atoms. The maximum absolute atomic E-state index is 14.0. The third-order valence-corrected chi connectivity index (χ3v) is 7.60. The smallest absolute Gasteiger partial charge is 0.321 e. The molecule has 2 aromatic rings. The fourth-order valence-corrected chi connectivity index (χ4v) is 5.49. The van der Waals surface area contributed by atoms with Gasteiger partial charge in [-0.15, -0.1) is 0 Å². The third kappa shape index (κ3) is 4.41. The summed E-state index contributed by atoms with van der Waals surface area (Å²) in [6.45, 7) is 3.78. The number of benzene rings is 2. The molecule has 7 heteroatoms. The number of nitrogens with two attached hydrogens (primary N) is 1. The number of carbonyl (C=O) groups is 2. The minimum Gasteiger partial charge on any atom is -0.369 e. The van der Waals surface area contributed by atoms with Gasteiger partial charge in [0.1, 0.15) is 0 Å². The zero-order chi connectivity index (χ0) is 25.1. The number of likely N-dealkylation sites (tertiary alicyclic amines) is 1. The van der Waals surface area contributed by atoms with Gasteiger partial charge in [0, 0.05) is 31.2 Å². The summed E-state index contributed by atoms with van der Waals surface area (Å²) < 4.78 is 0. The summed E-state index contributed by atoms with van der Waals surface area (Å²) in [6, 6.07) is 17.5. The molecule has 1 saturated heterocycles. The number of carbonyl (C=O) groups excluding carboxylic acids is 2. The van der Waals surface area contributed by atoms with E-state index in [-0.39, 0.29) is 29.7 Å². The van der Waals surface area contributed by atoms with Gasteiger partial charge < -0.3 is 16.0 Å². The molecule has 0 saturated carbocycles. The van der Waals surface area contributed by atoms with E-state index in [1.165, 1.54) is 0 Å². The van der Waals surface area contributed by atoms with E-state index in [1.807, 2.05) is 78.6 Å². The monoisotopic (exact) mass is 483 g/mol. The number of aliphatic imine (C=N–C) groups is 1. The van der Waals surface area contributed by atoms with Crippen LogP contribution in [0.25, 0.3) is 0 Å². The van der Waals surface area contributed by atoms with Gasteiger partial charge >= 0.3 is 6.03 Å². The van der Waals surface area contributed by atoms with E-state index in [9.17, 15) is 9.59 Å². The Hall–Kier alpha value is -3.87. The van der Waals surface area contributed by atoms with Gasteiger partial charge in [-0.1, -0.05) is 72.8 Å². The molecule has 3 N–H and O–H groups in total. The molecule has 2 unspecified atom stereocenters. The first-order valence-corrected chi connectivity index (χ1v) is 12.7. The minimum atomic E-state index is -1.04. The van der Waals surface area contributed by atoms with Crippen LogP contribution in [0.2, 0.25) is 0 Å². The molecule has 186 valence electrons. The lowest BCUT2D eigenvalue weighted by Gasteiger charge is -2.36. The van der Waals surface area contributed by atoms with Gasteiger partial charge in [0.05, 0.1) is 0 Å². The second kappa shape index (κ2) is 10.0. The number of guanidine groups is 1. The molecule has 5 rings (SSSR count). The van der Waals surface area contributed by atoms with Crippen molar-refractivity contribution in [1.82, 2.24) is 9.80 Å². The Morgan fingerprint density at radius 3 is 2.50 bits per heavy atom. The number of anilines is 1. The maximum atomic E-state index is 14.0. The number of nitrogens with zero attached hydrogens (tertiary/aromatic N) is 3. The highest BCUT2D eigenvalue weighted by atomic mass is 16.2. The SMILES string of the molecule is Cc1ccccc1NC(=O)N1CCC(CN2C(=O)C(c3ccccc3)(C3C=CC=CC3)N=C2N)CC1. The maximum Gasteiger partial charge on any atom is 0.321 e. The number of piperidine rings is 1. The molecule has 1 fully saturated rings. The lowest BCUT2D eigenvalue weighted by atomic mass is 9.75. The first-order valence-electron chi connectivity index (χ1n) is 12.7. The summed E-state index contributed by atoms with van der Waals surface area (Å²) in [5, 5.41) is 3.02. The fraction of sp³-hybridized carbons (Fsp3) is 0.345. The summed E-state index contributed by atoms with van der Waals surface area (Å²) in [5.41, 5.74) is 8.12. The average Bonchev–Trinajstić information content (AvgIpc) is 3.17. The summed E-state index contributed by atoms with van der Waals surface area (Å²) in [5.74, 6) is 0.383. The van der Waals surface area contributed by atoms with Crippen LogP contribution < -0.4 is 11.1 Å². The van der Waals surface area contributed by atoms with Crippen molar-refractivity contribution in [2.45, 2.75) is 31.7 Å². The molecule has 3 amide bonds. The molecule has 0 radical (unpaired) electrons. The van der Waals surface area contributed by atoms with Crippen LogP contribution in [0.3, 0.4) is 0 Å². The van der Waals surface area contributed by atoms with Crippen molar-refractivity contribution < 1.29 is 9.59 Å². The van der Waals surface area contributed by atoms with E-state index >= 15 is 0 Å². The summed E-state index contributed by atoms with van der Waals surface area (Å²) >= 11 is 0. The Bertz CT molecular complexity index is 1210. The number of nitrogens with one attached hydrogen (secondary N) is 1. The second-order valence-electron chi connectivity index (χ2n) is 9.85. The lowest BCUT2D eigenvalue weighted by Crippen LogP contribution is -2.49. The van der Waals surface area contributed by atoms with E-state index in [2.05, 4.69) is 17.5 Å². The van der Waals surface area contributed by atoms with Gasteiger partial charge in [0.25, 0.3) is 5.91 Å². The highest BCUT2D eigenvalue weighted by Gasteiger charge is 2.53. The van der Waals surface area contributed by atoms with Gasteiger partial charge in [0.2, 0.25) is 0 Å². The van der Waals surface area contributed by atoms with Crippen LogP contribution in [0.1, 0.15) is 30.4 Å². The van der Waals surface area contributed by atoms with Gasteiger partial charge in [-0.05, 0) is 49.3 Å². The Morgan fingerprint density at radius 1 is 1.08 bits per heavy atom. The molecule has 2 aromatic carbocycles. The summed E-state index contributed by atoms with van der Waals surface area (Å²) in [6.07, 6.45) is 10.5. The molecular weight excluding hydrogens is 450 g/mol. The Kier molecular flexibility index (Phi) is 6.63. The predicted molar refractivity (Wildman–Crippen MR) is 142 cm³/mol. The normalized spacial score (nSPS) is 24.2. The Balaban J connectivity index is 1.26. The largest absolute Gasteiger partial charge is 0.369 e. The van der Waals surface area contributed by atoms with Crippen molar-refractivity contribution in [3.63, 3.8) is 0 Å². The third-order valence-electron chi connectivity index (χ3n) is 7.60. The van der Waals surface area contributed by atoms with Crippen LogP contribution in [-0.4, -0.2) is 47.3 Å². The van der Waals surface area contributed by atoms with Gasteiger partial charge in [-0.25, -0.2) is 9.79 Å². The summed E-state index contributed by atoms with van der Waals surface area (Å²) in [7, 11) is 0. The number of aryl methyl sites for hydroxylation is 1. The van der Waals surface area contributed by atoms with Crippen LogP contribution in [0, 0.1) is 18.8 Å². The number of rotatable bonds is 5. The Labute approximate surface area is 212 Å². The van der Waals surface area contributed by atoms with Crippen LogP contribution in [0.5, 0.6) is 0 Å². The molecule has 7 nitrogen and oxygen atoms in total. The predicted octanol–water partition coefficient (Wildman–Crippen LogP) is 4.42. The molecule has 3 aliphatic rings. The zero-order valence-electron chi connectivity index (χ0n) is 20.6. The van der Waals surface area contributed by atoms with Crippen molar-refractivity contribution in [3.05, 3.63) is 90.0 Å². The molecule has 2 heterocycles. The Morgan fingerprint density at radius 2 is 1.81 bits per heavy atom. The van der Waals surface area contributed by atoms with Crippen molar-refractivity contribution in [2.24, 2.45) is 22.6 Å². The number of hydrogen-bond acceptors (Lipinski definition) is 4. The number of para-hydroxylation sites is 1. The van der Waals surface area contributed by atoms with Crippen molar-refractivity contribution in [3.8, 4) is 0 Å². The molecule has 1 aliphatic carbocycles. The number of amides is 3. The minimum absolute atomic E-state index is 0.0594. The molecule has 0 aromatic heterocycles. The van der Waals surface area contributed by atoms with E-state index in [0.717, 1.165) is 36.1 Å². The standard InChI is InChI=1S/C29H33N5O2/c1-21-10-8-9-15-25(21)31-28(36)33-18-16-22(17-19-33)20-34-26(35)29(32-27(34)30,23-11-4-2-5-12-23)24-13-6-3-7-14-24/h2-13,15,22,24H,14,16-20H2,1H3,(H2,30,32)(H,31,36). The van der Waals surface area contributed by atoms with E-state index in [1.54, 1.807) is 4.90 Å². The first-order chi connectivity index (χ1) is 17.5. The molecule has 2 atom stereocenters. The van der Waals surface area contributed by atoms with Gasteiger partial charge in [-0.3, -0.25) is 9.69 Å². The summed E-state index contributed by atoms with van der Waals surface area (Å²) in [4.78, 5) is 35.2. The van der Waals surface area contributed by atoms with E-state index < -0.39 is 5.54 Å². The molecule has 36 heavy (non-hydrogen) atoms. The van der Waals surface area contributed by atoms with Crippen LogP contribution in [0.4, 0.5) is 10.5 Å². The van der Waals surface area contributed by atoms with E-state index in [0.29, 0.717) is 19.6 Å². The molecular formula is C29H33N5O2. The molecule has 2 aliphatic heterocycles. The topological polar surface area (TPSA) is 91.0 Å². The highest BCUT2D eigenvalue weighted by Crippen LogP contribution is 2.43. The van der Waals surface area contributed by atoms with Crippen molar-refractivity contribution in [1.29, 1.82) is 0 Å². The zero-order valence-corrected chi connectivity index (χ0v) is 20.6. The van der Waals surface area contributed by atoms with Crippen LogP contribution in [-0.2, 0) is 10.3 Å². The van der Waals surface area contributed by atoms with Gasteiger partial charge in [-0.2, -0.15) is 0 Å². The number of hydrogen-bond donors (Lipinski definition) is 2. The van der Waals surface area contributed by atoms with Crippen LogP contribution >= 0.6 is 0 Å². The highest BCUT2D eigenvalue weighted by molar-refractivity contribution is 6.07. The average molecular weight is 484 g/mol. The molecule has 0 spiro atoms. The number of allylic oxidation sites excluding steroid dienone is 3. The van der Waals surface area contributed by atoms with Gasteiger partial charge in [0.15, 0.2) is 11.5 Å². The second-order valence-corrected chi connectivity index (χ2v) is 9.85. The fourth-order valence-electron chi connectivity index (χ4n) is 5.49. The van der Waals surface area contributed by atoms with E-state index in [4.69, 9.17) is 10.7 Å². The first kappa shape index (κ1) is 23.9. The van der Waals surface area contributed by atoms with Crippen molar-refractivity contribution >= 4 is 23.6 Å². The number of urea groups is 1. The van der Waals surface area contributed by atoms with Crippen molar-refractivity contribution in [2.75, 3.05) is 25.0 Å².